The van der Waals surface area contributed by atoms with E-state index in [9.17, 15) is 14.0 Å². The standard InChI is InChI=1S/C25H31FN4O2/c26-22-11-5-1-7-19(22)17-29-13-15-30(16-14-29)18-24(31)28-23-12-6-4-10-21(23)25(32)27-20-8-2-3-9-20/h1,4-7,10-12,20H,2-3,8-9,13-18H2,(H,27,32)(H,28,31). The number of rotatable bonds is 7. The van der Waals surface area contributed by atoms with Crippen LogP contribution in [0.25, 0.3) is 0 Å². The Hall–Kier alpha value is -2.77. The van der Waals surface area contributed by atoms with Gasteiger partial charge in [-0.15, -0.1) is 0 Å². The lowest BCUT2D eigenvalue weighted by Crippen LogP contribution is -2.48. The summed E-state index contributed by atoms with van der Waals surface area (Å²) in [4.78, 5) is 29.7. The van der Waals surface area contributed by atoms with E-state index in [-0.39, 0.29) is 30.2 Å². The first-order chi connectivity index (χ1) is 15.6. The van der Waals surface area contributed by atoms with Gasteiger partial charge >= 0.3 is 0 Å². The second-order valence-corrected chi connectivity index (χ2v) is 8.69. The van der Waals surface area contributed by atoms with Crippen molar-refractivity contribution in [3.05, 3.63) is 65.5 Å². The van der Waals surface area contributed by atoms with Gasteiger partial charge in [0.1, 0.15) is 5.82 Å². The molecule has 7 heteroatoms. The molecular weight excluding hydrogens is 407 g/mol. The maximum Gasteiger partial charge on any atom is 0.253 e. The van der Waals surface area contributed by atoms with E-state index in [0.717, 1.165) is 51.9 Å². The maximum atomic E-state index is 13.9. The molecule has 2 N–H and O–H groups in total. The number of piperazine rings is 1. The van der Waals surface area contributed by atoms with Crippen molar-refractivity contribution in [3.63, 3.8) is 0 Å². The van der Waals surface area contributed by atoms with Crippen LogP contribution in [-0.2, 0) is 11.3 Å². The molecule has 0 atom stereocenters. The summed E-state index contributed by atoms with van der Waals surface area (Å²) in [6.45, 7) is 3.89. The number of nitrogens with zero attached hydrogens (tertiary/aromatic N) is 2. The van der Waals surface area contributed by atoms with Crippen LogP contribution in [0, 0.1) is 5.82 Å². The van der Waals surface area contributed by atoms with Gasteiger partial charge in [-0.25, -0.2) is 4.39 Å². The van der Waals surface area contributed by atoms with Gasteiger partial charge in [0.2, 0.25) is 5.91 Å². The van der Waals surface area contributed by atoms with Crippen molar-refractivity contribution in [2.24, 2.45) is 0 Å². The molecule has 0 radical (unpaired) electrons. The van der Waals surface area contributed by atoms with Crippen molar-refractivity contribution >= 4 is 17.5 Å². The van der Waals surface area contributed by atoms with E-state index in [1.807, 2.05) is 24.3 Å². The number of hydrogen-bond acceptors (Lipinski definition) is 4. The number of carbonyl (C=O) groups is 2. The van der Waals surface area contributed by atoms with E-state index < -0.39 is 0 Å². The van der Waals surface area contributed by atoms with Crippen LogP contribution in [-0.4, -0.2) is 60.4 Å². The average molecular weight is 439 g/mol. The van der Waals surface area contributed by atoms with Crippen LogP contribution in [0.2, 0.25) is 0 Å². The lowest BCUT2D eigenvalue weighted by Gasteiger charge is -2.34. The van der Waals surface area contributed by atoms with Crippen molar-refractivity contribution in [3.8, 4) is 0 Å². The van der Waals surface area contributed by atoms with Crippen molar-refractivity contribution in [1.82, 2.24) is 15.1 Å². The van der Waals surface area contributed by atoms with Gasteiger partial charge in [-0.2, -0.15) is 0 Å². The summed E-state index contributed by atoms with van der Waals surface area (Å²) in [5, 5.41) is 6.00. The first-order valence-corrected chi connectivity index (χ1v) is 11.5. The zero-order valence-electron chi connectivity index (χ0n) is 18.4. The first kappa shape index (κ1) is 22.4. The number of anilines is 1. The predicted molar refractivity (Wildman–Crippen MR) is 123 cm³/mol. The predicted octanol–water partition coefficient (Wildman–Crippen LogP) is 3.25. The molecule has 2 fully saturated rings. The molecule has 1 heterocycles. The molecule has 1 saturated carbocycles. The third-order valence-corrected chi connectivity index (χ3v) is 6.32. The fourth-order valence-electron chi connectivity index (χ4n) is 4.49. The van der Waals surface area contributed by atoms with Crippen molar-refractivity contribution < 1.29 is 14.0 Å². The van der Waals surface area contributed by atoms with Crippen molar-refractivity contribution in [2.45, 2.75) is 38.3 Å². The molecule has 0 spiro atoms. The number of nitrogens with one attached hydrogen (secondary N) is 2. The molecule has 0 unspecified atom stereocenters. The summed E-state index contributed by atoms with van der Waals surface area (Å²) in [6.07, 6.45) is 4.33. The fourth-order valence-corrected chi connectivity index (χ4v) is 4.49. The van der Waals surface area contributed by atoms with Gasteiger partial charge in [-0.1, -0.05) is 43.2 Å². The van der Waals surface area contributed by atoms with Crippen LogP contribution in [0.1, 0.15) is 41.6 Å². The highest BCUT2D eigenvalue weighted by atomic mass is 19.1. The normalized spacial score (nSPS) is 17.9. The number of hydrogen-bond donors (Lipinski definition) is 2. The third kappa shape index (κ3) is 5.93. The molecule has 2 amide bonds. The second-order valence-electron chi connectivity index (χ2n) is 8.69. The molecule has 0 bridgehead atoms. The molecule has 32 heavy (non-hydrogen) atoms. The summed E-state index contributed by atoms with van der Waals surface area (Å²) in [5.41, 5.74) is 1.75. The van der Waals surface area contributed by atoms with Gasteiger partial charge < -0.3 is 10.6 Å². The Labute approximate surface area is 188 Å². The maximum absolute atomic E-state index is 13.9. The molecule has 0 aromatic heterocycles. The molecule has 1 aliphatic carbocycles. The highest BCUT2D eigenvalue weighted by molar-refractivity contribution is 6.04. The summed E-state index contributed by atoms with van der Waals surface area (Å²) in [7, 11) is 0. The Morgan fingerprint density at radius 2 is 1.56 bits per heavy atom. The highest BCUT2D eigenvalue weighted by Gasteiger charge is 2.22. The Bertz CT molecular complexity index is 937. The van der Waals surface area contributed by atoms with E-state index in [0.29, 0.717) is 23.4 Å². The second kappa shape index (κ2) is 10.7. The van der Waals surface area contributed by atoms with Crippen LogP contribution in [0.15, 0.2) is 48.5 Å². The number of carbonyl (C=O) groups excluding carboxylic acids is 2. The summed E-state index contributed by atoms with van der Waals surface area (Å²) in [5.74, 6) is -0.437. The van der Waals surface area contributed by atoms with Gasteiger partial charge in [-0.05, 0) is 31.0 Å². The van der Waals surface area contributed by atoms with Gasteiger partial charge in [0.05, 0.1) is 17.8 Å². The summed E-state index contributed by atoms with van der Waals surface area (Å²) in [6, 6.07) is 14.2. The Morgan fingerprint density at radius 3 is 2.31 bits per heavy atom. The molecular formula is C25H31FN4O2. The smallest absolute Gasteiger partial charge is 0.253 e. The van der Waals surface area contributed by atoms with Gasteiger partial charge in [0.25, 0.3) is 5.91 Å². The van der Waals surface area contributed by atoms with Crippen molar-refractivity contribution in [2.75, 3.05) is 38.0 Å². The molecule has 170 valence electrons. The SMILES string of the molecule is O=C(CN1CCN(Cc2ccccc2F)CC1)Nc1ccccc1C(=O)NC1CCCC1. The minimum atomic E-state index is -0.176. The third-order valence-electron chi connectivity index (χ3n) is 6.32. The Balaban J connectivity index is 1.26. The van der Waals surface area contributed by atoms with E-state index in [1.54, 1.807) is 18.2 Å². The lowest BCUT2D eigenvalue weighted by molar-refractivity contribution is -0.117. The molecule has 2 aliphatic rings. The van der Waals surface area contributed by atoms with E-state index >= 15 is 0 Å². The topological polar surface area (TPSA) is 64.7 Å². The zero-order chi connectivity index (χ0) is 22.3. The minimum Gasteiger partial charge on any atom is -0.349 e. The van der Waals surface area contributed by atoms with Crippen molar-refractivity contribution in [1.29, 1.82) is 0 Å². The van der Waals surface area contributed by atoms with Crippen LogP contribution in [0.4, 0.5) is 10.1 Å². The quantitative estimate of drug-likeness (QED) is 0.697. The molecule has 1 saturated heterocycles. The number of benzene rings is 2. The molecule has 2 aromatic carbocycles. The van der Waals surface area contributed by atoms with Crippen LogP contribution in [0.5, 0.6) is 0 Å². The fraction of sp³-hybridized carbons (Fsp3) is 0.440. The lowest BCUT2D eigenvalue weighted by atomic mass is 10.1. The van der Waals surface area contributed by atoms with Gasteiger partial charge in [-0.3, -0.25) is 19.4 Å². The van der Waals surface area contributed by atoms with E-state index in [4.69, 9.17) is 0 Å². The largest absolute Gasteiger partial charge is 0.349 e. The first-order valence-electron chi connectivity index (χ1n) is 11.5. The summed E-state index contributed by atoms with van der Waals surface area (Å²) < 4.78 is 13.9. The Kier molecular flexibility index (Phi) is 7.50. The number of amides is 2. The van der Waals surface area contributed by atoms with E-state index in [1.165, 1.54) is 6.07 Å². The van der Waals surface area contributed by atoms with Gasteiger partial charge in [0.15, 0.2) is 0 Å². The molecule has 1 aliphatic heterocycles. The average Bonchev–Trinajstić information content (AvgIpc) is 3.30. The molecule has 4 rings (SSSR count). The number of halogens is 1. The molecule has 6 nitrogen and oxygen atoms in total. The highest BCUT2D eigenvalue weighted by Crippen LogP contribution is 2.20. The van der Waals surface area contributed by atoms with Crippen LogP contribution >= 0.6 is 0 Å². The molecule has 2 aromatic rings. The monoisotopic (exact) mass is 438 g/mol. The zero-order valence-corrected chi connectivity index (χ0v) is 18.4. The number of para-hydroxylation sites is 1. The van der Waals surface area contributed by atoms with Gasteiger partial charge in [0, 0.05) is 44.3 Å². The summed E-state index contributed by atoms with van der Waals surface area (Å²) >= 11 is 0. The van der Waals surface area contributed by atoms with Crippen LogP contribution in [0.3, 0.4) is 0 Å². The van der Waals surface area contributed by atoms with Crippen LogP contribution < -0.4 is 10.6 Å². The Morgan fingerprint density at radius 1 is 0.906 bits per heavy atom. The minimum absolute atomic E-state index is 0.130. The van der Waals surface area contributed by atoms with E-state index in [2.05, 4.69) is 20.4 Å².